The molecule has 0 aromatic heterocycles. The summed E-state index contributed by atoms with van der Waals surface area (Å²) in [5.74, 6) is -0.404. The van der Waals surface area contributed by atoms with Crippen LogP contribution in [-0.4, -0.2) is 45.6 Å². The van der Waals surface area contributed by atoms with Gasteiger partial charge in [-0.15, -0.1) is 0 Å². The highest BCUT2D eigenvalue weighted by atomic mass is 32.2. The summed E-state index contributed by atoms with van der Waals surface area (Å²) in [6, 6.07) is 6.98. The van der Waals surface area contributed by atoms with Crippen molar-refractivity contribution in [2.45, 2.75) is 25.5 Å². The second-order valence-corrected chi connectivity index (χ2v) is 8.72. The van der Waals surface area contributed by atoms with Gasteiger partial charge < -0.3 is 9.64 Å². The molecule has 0 spiro atoms. The first-order chi connectivity index (χ1) is 9.60. The minimum atomic E-state index is -3.20. The summed E-state index contributed by atoms with van der Waals surface area (Å²) in [5, 5.41) is 0. The van der Waals surface area contributed by atoms with Gasteiger partial charge in [0, 0.05) is 13.6 Å². The fraction of sp³-hybridized carbons (Fsp3) is 0.533. The molecule has 0 saturated carbocycles. The van der Waals surface area contributed by atoms with Crippen LogP contribution >= 0.6 is 0 Å². The number of para-hydroxylation sites is 1. The topological polar surface area (TPSA) is 63.7 Å². The Morgan fingerprint density at radius 2 is 1.81 bits per heavy atom. The number of anilines is 1. The molecule has 0 saturated heterocycles. The van der Waals surface area contributed by atoms with E-state index in [0.717, 1.165) is 0 Å². The number of methoxy groups -OCH3 is 1. The van der Waals surface area contributed by atoms with Gasteiger partial charge >= 0.3 is 5.97 Å². The average molecular weight is 313 g/mol. The molecule has 0 amide bonds. The predicted octanol–water partition coefficient (Wildman–Crippen LogP) is 2.12. The van der Waals surface area contributed by atoms with Crippen molar-refractivity contribution in [2.24, 2.45) is 0 Å². The molecule has 21 heavy (non-hydrogen) atoms. The predicted molar refractivity (Wildman–Crippen MR) is 84.6 cm³/mol. The lowest BCUT2D eigenvalue weighted by atomic mass is 10.1. The Kier molecular flexibility index (Phi) is 5.39. The zero-order valence-electron chi connectivity index (χ0n) is 13.2. The molecule has 0 aliphatic carbocycles. The average Bonchev–Trinajstić information content (AvgIpc) is 2.42. The largest absolute Gasteiger partial charge is 0.465 e. The number of benzene rings is 1. The quantitative estimate of drug-likeness (QED) is 0.779. The SMILES string of the molecule is COC(=O)c1ccccc1N(C)CCS(=O)(=O)C(C)(C)C. The van der Waals surface area contributed by atoms with Crippen molar-refractivity contribution >= 4 is 21.5 Å². The van der Waals surface area contributed by atoms with Gasteiger partial charge in [0.15, 0.2) is 9.84 Å². The van der Waals surface area contributed by atoms with Crippen LogP contribution in [0.4, 0.5) is 5.69 Å². The number of esters is 1. The molecule has 0 aliphatic rings. The molecule has 0 unspecified atom stereocenters. The molecule has 1 aromatic rings. The molecular weight excluding hydrogens is 290 g/mol. The van der Waals surface area contributed by atoms with E-state index >= 15 is 0 Å². The smallest absolute Gasteiger partial charge is 0.339 e. The molecule has 0 radical (unpaired) electrons. The van der Waals surface area contributed by atoms with E-state index in [1.165, 1.54) is 7.11 Å². The lowest BCUT2D eigenvalue weighted by Gasteiger charge is -2.24. The Bertz CT molecular complexity index is 602. The fourth-order valence-corrected chi connectivity index (χ4v) is 2.90. The first-order valence-electron chi connectivity index (χ1n) is 6.71. The van der Waals surface area contributed by atoms with Gasteiger partial charge in [-0.2, -0.15) is 0 Å². The minimum Gasteiger partial charge on any atom is -0.465 e. The van der Waals surface area contributed by atoms with Crippen LogP contribution < -0.4 is 4.90 Å². The number of nitrogens with zero attached hydrogens (tertiary/aromatic N) is 1. The van der Waals surface area contributed by atoms with Crippen molar-refractivity contribution in [1.29, 1.82) is 0 Å². The zero-order chi connectivity index (χ0) is 16.3. The van der Waals surface area contributed by atoms with Gasteiger partial charge in [-0.1, -0.05) is 12.1 Å². The lowest BCUT2D eigenvalue weighted by Crippen LogP contribution is -2.35. The van der Waals surface area contributed by atoms with E-state index in [1.807, 2.05) is 0 Å². The van der Waals surface area contributed by atoms with Crippen LogP contribution in [-0.2, 0) is 14.6 Å². The molecule has 0 bridgehead atoms. The van der Waals surface area contributed by atoms with E-state index in [4.69, 9.17) is 4.74 Å². The fourth-order valence-electron chi connectivity index (χ4n) is 1.77. The summed E-state index contributed by atoms with van der Waals surface area (Å²) in [7, 11) is -0.111. The van der Waals surface area contributed by atoms with Crippen LogP contribution in [0.3, 0.4) is 0 Å². The van der Waals surface area contributed by atoms with E-state index in [2.05, 4.69) is 0 Å². The van der Waals surface area contributed by atoms with Crippen LogP contribution in [0.25, 0.3) is 0 Å². The number of hydrogen-bond donors (Lipinski definition) is 0. The van der Waals surface area contributed by atoms with Crippen molar-refractivity contribution in [3.63, 3.8) is 0 Å². The number of rotatable bonds is 5. The number of carbonyl (C=O) groups is 1. The second kappa shape index (κ2) is 6.47. The molecule has 0 fully saturated rings. The van der Waals surface area contributed by atoms with Crippen molar-refractivity contribution in [3.05, 3.63) is 29.8 Å². The monoisotopic (exact) mass is 313 g/mol. The van der Waals surface area contributed by atoms with Crippen LogP contribution in [0, 0.1) is 0 Å². The number of hydrogen-bond acceptors (Lipinski definition) is 5. The summed E-state index contributed by atoms with van der Waals surface area (Å²) < 4.78 is 28.2. The van der Waals surface area contributed by atoms with Crippen LogP contribution in [0.15, 0.2) is 24.3 Å². The highest BCUT2D eigenvalue weighted by Gasteiger charge is 2.29. The molecule has 1 aromatic carbocycles. The zero-order valence-corrected chi connectivity index (χ0v) is 14.0. The van der Waals surface area contributed by atoms with Gasteiger partial charge in [0.25, 0.3) is 0 Å². The van der Waals surface area contributed by atoms with Gasteiger partial charge in [-0.05, 0) is 32.9 Å². The van der Waals surface area contributed by atoms with Gasteiger partial charge in [-0.25, -0.2) is 13.2 Å². The third-order valence-corrected chi connectivity index (χ3v) is 5.94. The standard InChI is InChI=1S/C15H23NO4S/c1-15(2,3)21(18,19)11-10-16(4)13-9-7-6-8-12(13)14(17)20-5/h6-9H,10-11H2,1-5H3. The van der Waals surface area contributed by atoms with E-state index in [1.54, 1.807) is 57.0 Å². The maximum Gasteiger partial charge on any atom is 0.339 e. The molecule has 5 nitrogen and oxygen atoms in total. The summed E-state index contributed by atoms with van der Waals surface area (Å²) in [5.41, 5.74) is 1.09. The molecule has 0 heterocycles. The van der Waals surface area contributed by atoms with E-state index in [0.29, 0.717) is 17.8 Å². The highest BCUT2D eigenvalue weighted by molar-refractivity contribution is 7.92. The van der Waals surface area contributed by atoms with Crippen LogP contribution in [0.5, 0.6) is 0 Å². The minimum absolute atomic E-state index is 0.0303. The van der Waals surface area contributed by atoms with Crippen molar-refractivity contribution in [1.82, 2.24) is 0 Å². The summed E-state index contributed by atoms with van der Waals surface area (Å²) >= 11 is 0. The molecule has 118 valence electrons. The van der Waals surface area contributed by atoms with Gasteiger partial charge in [0.1, 0.15) is 0 Å². The first kappa shape index (κ1) is 17.5. The molecule has 6 heteroatoms. The molecule has 0 aliphatic heterocycles. The van der Waals surface area contributed by atoms with Crippen LogP contribution in [0.2, 0.25) is 0 Å². The van der Waals surface area contributed by atoms with Gasteiger partial charge in [0.2, 0.25) is 0 Å². The third-order valence-electron chi connectivity index (χ3n) is 3.35. The normalized spacial score (nSPS) is 12.0. The Hall–Kier alpha value is -1.56. The Morgan fingerprint density at radius 1 is 1.24 bits per heavy atom. The lowest BCUT2D eigenvalue weighted by molar-refractivity contribution is 0.0601. The Labute approximate surface area is 126 Å². The summed E-state index contributed by atoms with van der Waals surface area (Å²) in [6.07, 6.45) is 0. The Morgan fingerprint density at radius 3 is 2.33 bits per heavy atom. The van der Waals surface area contributed by atoms with Crippen molar-refractivity contribution in [2.75, 3.05) is 31.4 Å². The molecule has 0 N–H and O–H groups in total. The van der Waals surface area contributed by atoms with E-state index in [9.17, 15) is 13.2 Å². The number of ether oxygens (including phenoxy) is 1. The van der Waals surface area contributed by atoms with E-state index in [-0.39, 0.29) is 5.75 Å². The molecule has 0 atom stereocenters. The highest BCUT2D eigenvalue weighted by Crippen LogP contribution is 2.21. The van der Waals surface area contributed by atoms with Gasteiger partial charge in [0.05, 0.1) is 28.9 Å². The summed E-state index contributed by atoms with van der Waals surface area (Å²) in [4.78, 5) is 13.5. The molecular formula is C15H23NO4S. The van der Waals surface area contributed by atoms with Gasteiger partial charge in [-0.3, -0.25) is 0 Å². The second-order valence-electron chi connectivity index (χ2n) is 5.86. The number of sulfone groups is 1. The van der Waals surface area contributed by atoms with Crippen molar-refractivity contribution in [3.8, 4) is 0 Å². The maximum absolute atomic E-state index is 12.1. The third kappa shape index (κ3) is 4.20. The van der Waals surface area contributed by atoms with E-state index < -0.39 is 20.6 Å². The maximum atomic E-state index is 12.1. The Balaban J connectivity index is 2.92. The number of carbonyl (C=O) groups excluding carboxylic acids is 1. The van der Waals surface area contributed by atoms with Crippen molar-refractivity contribution < 1.29 is 17.9 Å². The molecule has 1 rings (SSSR count). The first-order valence-corrected chi connectivity index (χ1v) is 8.36. The summed E-state index contributed by atoms with van der Waals surface area (Å²) in [6.45, 7) is 5.37. The van der Waals surface area contributed by atoms with Crippen LogP contribution in [0.1, 0.15) is 31.1 Å².